The van der Waals surface area contributed by atoms with E-state index >= 15 is 0 Å². The quantitative estimate of drug-likeness (QED) is 0.800. The van der Waals surface area contributed by atoms with Gasteiger partial charge in [-0.15, -0.1) is 0 Å². The van der Waals surface area contributed by atoms with Crippen LogP contribution < -0.4 is 11.5 Å². The molecule has 0 aliphatic rings. The molecule has 0 saturated carbocycles. The van der Waals surface area contributed by atoms with Crippen LogP contribution in [0, 0.1) is 0 Å². The van der Waals surface area contributed by atoms with E-state index in [-0.39, 0.29) is 6.04 Å². The topological polar surface area (TPSA) is 86.2 Å². The largest absolute Gasteiger partial charge is 0.330 e. The molecule has 5 heteroatoms. The second-order valence-electron chi connectivity index (χ2n) is 3.88. The van der Waals surface area contributed by atoms with Gasteiger partial charge < -0.3 is 11.5 Å². The average Bonchev–Trinajstić information content (AvgIpc) is 2.25. The Hall–Kier alpha value is -0.910. The Morgan fingerprint density at radius 3 is 2.25 bits per heavy atom. The van der Waals surface area contributed by atoms with Crippen LogP contribution in [0.2, 0.25) is 0 Å². The molecular formula is C11H18N2O2S. The first kappa shape index (κ1) is 13.2. The lowest BCUT2D eigenvalue weighted by Crippen LogP contribution is -2.12. The zero-order valence-electron chi connectivity index (χ0n) is 9.39. The van der Waals surface area contributed by atoms with E-state index in [9.17, 15) is 8.42 Å². The minimum atomic E-state index is -3.12. The van der Waals surface area contributed by atoms with Crippen LogP contribution in [0.25, 0.3) is 0 Å². The Labute approximate surface area is 96.6 Å². The lowest BCUT2D eigenvalue weighted by molar-refractivity contribution is 0.601. The normalized spacial score (nSPS) is 13.7. The zero-order chi connectivity index (χ0) is 12.2. The maximum absolute atomic E-state index is 11.2. The van der Waals surface area contributed by atoms with Gasteiger partial charge in [-0.1, -0.05) is 12.1 Å². The van der Waals surface area contributed by atoms with Gasteiger partial charge in [0.2, 0.25) is 0 Å². The molecule has 0 radical (unpaired) electrons. The molecule has 1 atom stereocenters. The fourth-order valence-corrected chi connectivity index (χ4v) is 2.10. The highest BCUT2D eigenvalue weighted by molar-refractivity contribution is 7.90. The fraction of sp³-hybridized carbons (Fsp3) is 0.455. The summed E-state index contributed by atoms with van der Waals surface area (Å²) in [5, 5.41) is 0. The van der Waals surface area contributed by atoms with Gasteiger partial charge in [0, 0.05) is 12.3 Å². The van der Waals surface area contributed by atoms with E-state index in [1.165, 1.54) is 6.26 Å². The summed E-state index contributed by atoms with van der Waals surface area (Å²) in [5.41, 5.74) is 12.3. The van der Waals surface area contributed by atoms with E-state index in [1.54, 1.807) is 24.3 Å². The lowest BCUT2D eigenvalue weighted by atomic mass is 10.0. The van der Waals surface area contributed by atoms with E-state index < -0.39 is 9.84 Å². The van der Waals surface area contributed by atoms with Crippen molar-refractivity contribution in [1.82, 2.24) is 0 Å². The third kappa shape index (κ3) is 3.59. The minimum Gasteiger partial charge on any atom is -0.330 e. The monoisotopic (exact) mass is 242 g/mol. The molecule has 0 saturated heterocycles. The molecule has 0 amide bonds. The molecule has 0 fully saturated rings. The van der Waals surface area contributed by atoms with Crippen LogP contribution in [-0.4, -0.2) is 21.2 Å². The second-order valence-corrected chi connectivity index (χ2v) is 5.89. The van der Waals surface area contributed by atoms with Gasteiger partial charge in [0.1, 0.15) is 0 Å². The summed E-state index contributed by atoms with van der Waals surface area (Å²) in [6.45, 7) is 0.620. The maximum atomic E-state index is 11.2. The van der Waals surface area contributed by atoms with Gasteiger partial charge in [-0.05, 0) is 37.1 Å². The van der Waals surface area contributed by atoms with Gasteiger partial charge in [0.25, 0.3) is 0 Å². The number of rotatable bonds is 5. The number of sulfone groups is 1. The van der Waals surface area contributed by atoms with Crippen molar-refractivity contribution in [2.24, 2.45) is 11.5 Å². The van der Waals surface area contributed by atoms with Gasteiger partial charge in [0.05, 0.1) is 4.90 Å². The molecular weight excluding hydrogens is 224 g/mol. The van der Waals surface area contributed by atoms with Gasteiger partial charge in [0.15, 0.2) is 9.84 Å². The lowest BCUT2D eigenvalue weighted by Gasteiger charge is -2.11. The fourth-order valence-electron chi connectivity index (χ4n) is 1.47. The summed E-state index contributed by atoms with van der Waals surface area (Å²) in [5.74, 6) is 0. The van der Waals surface area contributed by atoms with Crippen LogP contribution in [0.4, 0.5) is 0 Å². The van der Waals surface area contributed by atoms with E-state index in [0.29, 0.717) is 11.4 Å². The number of nitrogens with two attached hydrogens (primary N) is 2. The first-order valence-electron chi connectivity index (χ1n) is 5.21. The van der Waals surface area contributed by atoms with Crippen molar-refractivity contribution >= 4 is 9.84 Å². The molecule has 0 heterocycles. The van der Waals surface area contributed by atoms with Crippen LogP contribution in [0.3, 0.4) is 0 Å². The molecule has 1 aromatic rings. The molecule has 0 bridgehead atoms. The Bertz CT molecular complexity index is 426. The Balaban J connectivity index is 2.79. The molecule has 0 aliphatic carbocycles. The summed E-state index contributed by atoms with van der Waals surface area (Å²) in [4.78, 5) is 0.322. The Kier molecular flexibility index (Phi) is 4.46. The molecule has 0 aromatic heterocycles. The van der Waals surface area contributed by atoms with Crippen LogP contribution in [0.15, 0.2) is 29.2 Å². The highest BCUT2D eigenvalue weighted by atomic mass is 32.2. The van der Waals surface area contributed by atoms with E-state index in [0.717, 1.165) is 18.4 Å². The third-order valence-corrected chi connectivity index (χ3v) is 3.58. The van der Waals surface area contributed by atoms with Crippen LogP contribution in [0.5, 0.6) is 0 Å². The second kappa shape index (κ2) is 5.43. The van der Waals surface area contributed by atoms with Crippen LogP contribution in [-0.2, 0) is 9.84 Å². The number of benzene rings is 1. The summed E-state index contributed by atoms with van der Waals surface area (Å²) >= 11 is 0. The highest BCUT2D eigenvalue weighted by Gasteiger charge is 2.09. The molecule has 4 N–H and O–H groups in total. The molecule has 4 nitrogen and oxygen atoms in total. The minimum absolute atomic E-state index is 0.0721. The third-order valence-electron chi connectivity index (χ3n) is 2.46. The van der Waals surface area contributed by atoms with Crippen molar-refractivity contribution in [1.29, 1.82) is 0 Å². The molecule has 0 unspecified atom stereocenters. The van der Waals surface area contributed by atoms with Crippen molar-refractivity contribution in [3.05, 3.63) is 29.8 Å². The molecule has 1 rings (SSSR count). The van der Waals surface area contributed by atoms with Gasteiger partial charge in [-0.2, -0.15) is 0 Å². The summed E-state index contributed by atoms with van der Waals surface area (Å²) in [7, 11) is -3.12. The van der Waals surface area contributed by atoms with Crippen LogP contribution >= 0.6 is 0 Å². The summed E-state index contributed by atoms with van der Waals surface area (Å²) in [6, 6.07) is 6.63. The molecule has 90 valence electrons. The van der Waals surface area contributed by atoms with Crippen LogP contribution in [0.1, 0.15) is 24.4 Å². The highest BCUT2D eigenvalue weighted by Crippen LogP contribution is 2.18. The molecule has 16 heavy (non-hydrogen) atoms. The summed E-state index contributed by atoms with van der Waals surface area (Å²) in [6.07, 6.45) is 2.88. The molecule has 1 aromatic carbocycles. The van der Waals surface area contributed by atoms with E-state index in [4.69, 9.17) is 11.5 Å². The van der Waals surface area contributed by atoms with Gasteiger partial charge in [-0.3, -0.25) is 0 Å². The Morgan fingerprint density at radius 2 is 1.81 bits per heavy atom. The number of hydrogen-bond acceptors (Lipinski definition) is 4. The van der Waals surface area contributed by atoms with Crippen molar-refractivity contribution in [3.8, 4) is 0 Å². The smallest absolute Gasteiger partial charge is 0.175 e. The van der Waals surface area contributed by atoms with Crippen molar-refractivity contribution in [2.45, 2.75) is 23.8 Å². The maximum Gasteiger partial charge on any atom is 0.175 e. The Morgan fingerprint density at radius 1 is 1.25 bits per heavy atom. The number of hydrogen-bond donors (Lipinski definition) is 2. The first-order valence-corrected chi connectivity index (χ1v) is 7.10. The van der Waals surface area contributed by atoms with Crippen molar-refractivity contribution in [2.75, 3.05) is 12.8 Å². The van der Waals surface area contributed by atoms with E-state index in [1.807, 2.05) is 0 Å². The standard InChI is InChI=1S/C11H18N2O2S/c1-16(14,15)10-6-4-9(5-7-10)11(13)3-2-8-12/h4-7,11H,2-3,8,12-13H2,1H3/t11-/m1/s1. The predicted octanol–water partition coefficient (Wildman–Crippen LogP) is 0.829. The van der Waals surface area contributed by atoms with Gasteiger partial charge in [-0.25, -0.2) is 8.42 Å². The summed E-state index contributed by atoms with van der Waals surface area (Å²) < 4.78 is 22.5. The average molecular weight is 242 g/mol. The van der Waals surface area contributed by atoms with E-state index in [2.05, 4.69) is 0 Å². The first-order chi connectivity index (χ1) is 7.45. The molecule has 0 aliphatic heterocycles. The van der Waals surface area contributed by atoms with Crippen molar-refractivity contribution < 1.29 is 8.42 Å². The SMILES string of the molecule is CS(=O)(=O)c1ccc([C@H](N)CCCN)cc1. The zero-order valence-corrected chi connectivity index (χ0v) is 10.2. The van der Waals surface area contributed by atoms with Crippen molar-refractivity contribution in [3.63, 3.8) is 0 Å². The predicted molar refractivity (Wildman–Crippen MR) is 64.8 cm³/mol. The van der Waals surface area contributed by atoms with Gasteiger partial charge >= 0.3 is 0 Å². The molecule has 0 spiro atoms.